The summed E-state index contributed by atoms with van der Waals surface area (Å²) in [6.07, 6.45) is 4.94. The maximum Gasteiger partial charge on any atom is 0.128 e. The van der Waals surface area contributed by atoms with Gasteiger partial charge in [-0.15, -0.1) is 0 Å². The SMILES string of the molecule is CC(C)C(F)(CN)C1CC2CCC1C2. The lowest BCUT2D eigenvalue weighted by Crippen LogP contribution is -2.47. The molecule has 0 heterocycles. The molecule has 0 aromatic heterocycles. The van der Waals surface area contributed by atoms with Crippen molar-refractivity contribution in [1.82, 2.24) is 0 Å². The van der Waals surface area contributed by atoms with E-state index in [0.29, 0.717) is 5.92 Å². The van der Waals surface area contributed by atoms with Crippen molar-refractivity contribution in [1.29, 1.82) is 0 Å². The third-order valence-electron chi connectivity index (χ3n) is 4.63. The summed E-state index contributed by atoms with van der Waals surface area (Å²) >= 11 is 0. The summed E-state index contributed by atoms with van der Waals surface area (Å²) < 4.78 is 14.7. The molecule has 0 aromatic rings. The molecule has 4 atom stereocenters. The number of halogens is 1. The molecule has 2 bridgehead atoms. The van der Waals surface area contributed by atoms with E-state index in [1.807, 2.05) is 13.8 Å². The van der Waals surface area contributed by atoms with Crippen molar-refractivity contribution in [2.75, 3.05) is 6.54 Å². The van der Waals surface area contributed by atoms with Crippen LogP contribution < -0.4 is 5.73 Å². The Bertz CT molecular complexity index is 216. The van der Waals surface area contributed by atoms with Gasteiger partial charge in [0.2, 0.25) is 0 Å². The molecule has 2 aliphatic carbocycles. The van der Waals surface area contributed by atoms with Crippen LogP contribution in [0.3, 0.4) is 0 Å². The summed E-state index contributed by atoms with van der Waals surface area (Å²) in [5.74, 6) is 1.77. The van der Waals surface area contributed by atoms with Crippen LogP contribution in [-0.2, 0) is 0 Å². The highest BCUT2D eigenvalue weighted by Gasteiger charge is 2.51. The van der Waals surface area contributed by atoms with Gasteiger partial charge < -0.3 is 5.73 Å². The van der Waals surface area contributed by atoms with Gasteiger partial charge in [-0.1, -0.05) is 20.3 Å². The zero-order valence-corrected chi connectivity index (χ0v) is 9.30. The van der Waals surface area contributed by atoms with Crippen LogP contribution in [0.4, 0.5) is 4.39 Å². The maximum atomic E-state index is 14.7. The fourth-order valence-corrected chi connectivity index (χ4v) is 3.65. The molecule has 2 fully saturated rings. The molecule has 0 radical (unpaired) electrons. The van der Waals surface area contributed by atoms with Crippen LogP contribution in [0.2, 0.25) is 0 Å². The highest BCUT2D eigenvalue weighted by molar-refractivity contribution is 5.02. The van der Waals surface area contributed by atoms with E-state index in [1.165, 1.54) is 19.3 Å². The zero-order valence-electron chi connectivity index (χ0n) is 9.30. The van der Waals surface area contributed by atoms with Gasteiger partial charge >= 0.3 is 0 Å². The molecule has 4 unspecified atom stereocenters. The highest BCUT2D eigenvalue weighted by Crippen LogP contribution is 2.54. The number of hydrogen-bond acceptors (Lipinski definition) is 1. The molecule has 82 valence electrons. The number of rotatable bonds is 3. The van der Waals surface area contributed by atoms with Crippen LogP contribution in [0.25, 0.3) is 0 Å². The van der Waals surface area contributed by atoms with Crippen LogP contribution in [0.1, 0.15) is 39.5 Å². The molecule has 0 saturated heterocycles. The molecule has 0 aliphatic heterocycles. The lowest BCUT2D eigenvalue weighted by molar-refractivity contribution is 0.0101. The number of fused-ring (bicyclic) bond motifs is 2. The van der Waals surface area contributed by atoms with Crippen molar-refractivity contribution in [3.63, 3.8) is 0 Å². The predicted molar refractivity (Wildman–Crippen MR) is 56.7 cm³/mol. The lowest BCUT2D eigenvalue weighted by Gasteiger charge is -2.38. The van der Waals surface area contributed by atoms with E-state index in [0.717, 1.165) is 12.3 Å². The average molecular weight is 199 g/mol. The van der Waals surface area contributed by atoms with Gasteiger partial charge in [0.05, 0.1) is 0 Å². The third kappa shape index (κ3) is 1.39. The topological polar surface area (TPSA) is 26.0 Å². The summed E-state index contributed by atoms with van der Waals surface area (Å²) in [6, 6.07) is 0. The summed E-state index contributed by atoms with van der Waals surface area (Å²) in [5.41, 5.74) is 4.55. The second kappa shape index (κ2) is 3.48. The molecule has 2 N–H and O–H groups in total. The van der Waals surface area contributed by atoms with Gasteiger partial charge in [-0.25, -0.2) is 4.39 Å². The summed E-state index contributed by atoms with van der Waals surface area (Å²) in [4.78, 5) is 0. The first kappa shape index (κ1) is 10.4. The van der Waals surface area contributed by atoms with Crippen molar-refractivity contribution in [2.45, 2.75) is 45.2 Å². The number of nitrogens with two attached hydrogens (primary N) is 1. The van der Waals surface area contributed by atoms with E-state index in [4.69, 9.17) is 5.73 Å². The largest absolute Gasteiger partial charge is 0.328 e. The normalized spacial score (nSPS) is 40.5. The van der Waals surface area contributed by atoms with Crippen LogP contribution >= 0.6 is 0 Å². The first-order valence-electron chi connectivity index (χ1n) is 5.97. The smallest absolute Gasteiger partial charge is 0.128 e. The van der Waals surface area contributed by atoms with Crippen LogP contribution in [0.15, 0.2) is 0 Å². The van der Waals surface area contributed by atoms with Crippen LogP contribution in [0, 0.1) is 23.7 Å². The Morgan fingerprint density at radius 2 is 2.07 bits per heavy atom. The quantitative estimate of drug-likeness (QED) is 0.743. The molecule has 2 heteroatoms. The van der Waals surface area contributed by atoms with E-state index in [9.17, 15) is 4.39 Å². The van der Waals surface area contributed by atoms with Gasteiger partial charge in [0.25, 0.3) is 0 Å². The van der Waals surface area contributed by atoms with Crippen molar-refractivity contribution in [3.8, 4) is 0 Å². The second-order valence-corrected chi connectivity index (χ2v) is 5.57. The van der Waals surface area contributed by atoms with Crippen molar-refractivity contribution in [2.24, 2.45) is 29.4 Å². The lowest BCUT2D eigenvalue weighted by atomic mass is 9.72. The molecule has 2 saturated carbocycles. The molecular weight excluding hydrogens is 177 g/mol. The van der Waals surface area contributed by atoms with E-state index >= 15 is 0 Å². The first-order valence-corrected chi connectivity index (χ1v) is 5.97. The minimum Gasteiger partial charge on any atom is -0.328 e. The first-order chi connectivity index (χ1) is 6.58. The Hall–Kier alpha value is -0.110. The highest BCUT2D eigenvalue weighted by atomic mass is 19.1. The van der Waals surface area contributed by atoms with Gasteiger partial charge in [0.1, 0.15) is 5.67 Å². The van der Waals surface area contributed by atoms with Gasteiger partial charge in [0, 0.05) is 6.54 Å². The molecule has 2 rings (SSSR count). The number of hydrogen-bond donors (Lipinski definition) is 1. The van der Waals surface area contributed by atoms with E-state index in [-0.39, 0.29) is 18.4 Å². The second-order valence-electron chi connectivity index (χ2n) is 5.57. The Morgan fingerprint density at radius 3 is 2.43 bits per heavy atom. The maximum absolute atomic E-state index is 14.7. The number of alkyl halides is 1. The van der Waals surface area contributed by atoms with Gasteiger partial charge in [0.15, 0.2) is 0 Å². The molecular formula is C12H22FN. The van der Waals surface area contributed by atoms with Crippen molar-refractivity contribution < 1.29 is 4.39 Å². The van der Waals surface area contributed by atoms with Crippen molar-refractivity contribution in [3.05, 3.63) is 0 Å². The van der Waals surface area contributed by atoms with Gasteiger partial charge in [-0.3, -0.25) is 0 Å². The molecule has 1 nitrogen and oxygen atoms in total. The molecule has 2 aliphatic rings. The Kier molecular flexibility index (Phi) is 2.59. The van der Waals surface area contributed by atoms with E-state index in [2.05, 4.69) is 0 Å². The Morgan fingerprint density at radius 1 is 1.36 bits per heavy atom. The minimum absolute atomic E-state index is 0.0665. The monoisotopic (exact) mass is 199 g/mol. The molecule has 0 spiro atoms. The van der Waals surface area contributed by atoms with Crippen LogP contribution in [-0.4, -0.2) is 12.2 Å². The third-order valence-corrected chi connectivity index (χ3v) is 4.63. The summed E-state index contributed by atoms with van der Waals surface area (Å²) in [7, 11) is 0. The van der Waals surface area contributed by atoms with Gasteiger partial charge in [-0.05, 0) is 42.9 Å². The predicted octanol–water partition coefficient (Wildman–Crippen LogP) is 2.75. The Balaban J connectivity index is 2.13. The van der Waals surface area contributed by atoms with Crippen molar-refractivity contribution >= 4 is 0 Å². The average Bonchev–Trinajstić information content (AvgIpc) is 2.77. The summed E-state index contributed by atoms with van der Waals surface area (Å²) in [5, 5.41) is 0. The van der Waals surface area contributed by atoms with Crippen LogP contribution in [0.5, 0.6) is 0 Å². The fourth-order valence-electron chi connectivity index (χ4n) is 3.65. The zero-order chi connectivity index (χ0) is 10.3. The summed E-state index contributed by atoms with van der Waals surface area (Å²) in [6.45, 7) is 4.15. The molecule has 14 heavy (non-hydrogen) atoms. The van der Waals surface area contributed by atoms with Gasteiger partial charge in [-0.2, -0.15) is 0 Å². The standard InChI is InChI=1S/C12H22FN/c1-8(2)12(13,7-14)11-6-9-3-4-10(11)5-9/h8-11H,3-7,14H2,1-2H3. The molecule has 0 aromatic carbocycles. The van der Waals surface area contributed by atoms with E-state index in [1.54, 1.807) is 0 Å². The molecule has 0 amide bonds. The minimum atomic E-state index is -1.10. The Labute approximate surface area is 86.2 Å². The fraction of sp³-hybridized carbons (Fsp3) is 1.00. The van der Waals surface area contributed by atoms with E-state index < -0.39 is 5.67 Å².